The number of hydrogen-bond donors (Lipinski definition) is 0. The van der Waals surface area contributed by atoms with Crippen LogP contribution in [0.15, 0.2) is 25.3 Å². The molecule has 0 saturated carbocycles. The average molecular weight is 307 g/mol. The summed E-state index contributed by atoms with van der Waals surface area (Å²) in [6, 6.07) is 0. The van der Waals surface area contributed by atoms with E-state index in [2.05, 4.69) is 13.2 Å². The third-order valence-corrected chi connectivity index (χ3v) is 7.27. The summed E-state index contributed by atoms with van der Waals surface area (Å²) < 4.78 is 5.78. The zero-order valence-corrected chi connectivity index (χ0v) is 13.0. The lowest BCUT2D eigenvalue weighted by Crippen LogP contribution is -2.11. The van der Waals surface area contributed by atoms with Gasteiger partial charge in [0.1, 0.15) is 0 Å². The highest BCUT2D eigenvalue weighted by atomic mass is 32.2. The molecule has 5 heteroatoms. The van der Waals surface area contributed by atoms with Gasteiger partial charge < -0.3 is 0 Å². The minimum absolute atomic E-state index is 0.584. The van der Waals surface area contributed by atoms with Gasteiger partial charge in [0, 0.05) is 56.6 Å². The van der Waals surface area contributed by atoms with Gasteiger partial charge in [-0.3, -0.25) is 0 Å². The fourth-order valence-corrected chi connectivity index (χ4v) is 5.68. The monoisotopic (exact) mass is 306 g/mol. The Balaban J connectivity index is 1.65. The van der Waals surface area contributed by atoms with Crippen molar-refractivity contribution in [2.24, 2.45) is 0 Å². The molecule has 2 rings (SSSR count). The topological polar surface area (TPSA) is 9.23 Å². The second-order valence-electron chi connectivity index (χ2n) is 4.13. The van der Waals surface area contributed by atoms with Crippen molar-refractivity contribution < 1.29 is 3.63 Å². The van der Waals surface area contributed by atoms with E-state index in [0.717, 1.165) is 23.3 Å². The Labute approximate surface area is 121 Å². The van der Waals surface area contributed by atoms with E-state index in [1.165, 1.54) is 11.5 Å². The van der Waals surface area contributed by atoms with Gasteiger partial charge in [0.15, 0.2) is 0 Å². The van der Waals surface area contributed by atoms with Crippen LogP contribution in [0, 0.1) is 0 Å². The van der Waals surface area contributed by atoms with E-state index >= 15 is 0 Å². The van der Waals surface area contributed by atoms with Crippen molar-refractivity contribution in [1.82, 2.24) is 0 Å². The lowest BCUT2D eigenvalue weighted by atomic mass is 10.2. The first-order valence-corrected chi connectivity index (χ1v) is 9.49. The van der Waals surface area contributed by atoms with Gasteiger partial charge in [0.2, 0.25) is 0 Å². The molecule has 1 nitrogen and oxygen atoms in total. The fourth-order valence-electron chi connectivity index (χ4n) is 1.50. The Morgan fingerprint density at radius 2 is 1.47 bits per heavy atom. The SMILES string of the molecule is C=CCC(SOSC(CC=C)C1CS1)C1CS1. The average Bonchev–Trinajstić information content (AvgIpc) is 3.19. The quantitative estimate of drug-likeness (QED) is 0.335. The van der Waals surface area contributed by atoms with Gasteiger partial charge in [-0.1, -0.05) is 12.2 Å². The third kappa shape index (κ3) is 5.15. The molecule has 2 fully saturated rings. The zero-order chi connectivity index (χ0) is 12.1. The van der Waals surface area contributed by atoms with Crippen molar-refractivity contribution in [3.8, 4) is 0 Å². The molecule has 0 bridgehead atoms. The van der Waals surface area contributed by atoms with Gasteiger partial charge >= 0.3 is 0 Å². The summed E-state index contributed by atoms with van der Waals surface area (Å²) in [5.41, 5.74) is 0. The Hall–Kier alpha value is 0.840. The minimum atomic E-state index is 0.584. The molecular weight excluding hydrogens is 288 g/mol. The van der Waals surface area contributed by atoms with Crippen LogP contribution in [0.25, 0.3) is 0 Å². The Bertz CT molecular complexity index is 237. The molecule has 2 aliphatic heterocycles. The molecule has 0 aliphatic carbocycles. The van der Waals surface area contributed by atoms with Crippen LogP contribution in [-0.4, -0.2) is 32.5 Å². The van der Waals surface area contributed by atoms with Crippen LogP contribution >= 0.6 is 47.6 Å². The molecule has 17 heavy (non-hydrogen) atoms. The summed E-state index contributed by atoms with van der Waals surface area (Å²) in [6.07, 6.45) is 6.10. The molecule has 0 N–H and O–H groups in total. The zero-order valence-electron chi connectivity index (χ0n) is 9.75. The van der Waals surface area contributed by atoms with Crippen LogP contribution in [-0.2, 0) is 3.63 Å². The van der Waals surface area contributed by atoms with E-state index in [1.54, 1.807) is 24.1 Å². The molecular formula is C12H18OS4. The van der Waals surface area contributed by atoms with Crippen molar-refractivity contribution in [2.45, 2.75) is 33.8 Å². The normalized spacial score (nSPS) is 29.4. The van der Waals surface area contributed by atoms with Crippen molar-refractivity contribution in [3.63, 3.8) is 0 Å². The summed E-state index contributed by atoms with van der Waals surface area (Å²) in [6.45, 7) is 7.64. The van der Waals surface area contributed by atoms with Crippen LogP contribution < -0.4 is 0 Å². The second kappa shape index (κ2) is 7.43. The van der Waals surface area contributed by atoms with E-state index < -0.39 is 0 Å². The van der Waals surface area contributed by atoms with Gasteiger partial charge in [-0.25, -0.2) is 3.63 Å². The van der Waals surface area contributed by atoms with Crippen molar-refractivity contribution in [2.75, 3.05) is 11.5 Å². The molecule has 0 radical (unpaired) electrons. The van der Waals surface area contributed by atoms with Gasteiger partial charge in [-0.2, -0.15) is 23.5 Å². The first-order chi connectivity index (χ1) is 8.35. The molecule has 0 amide bonds. The molecule has 2 heterocycles. The first kappa shape index (κ1) is 14.3. The van der Waals surface area contributed by atoms with E-state index in [-0.39, 0.29) is 0 Å². The highest BCUT2D eigenvalue weighted by Crippen LogP contribution is 2.45. The fraction of sp³-hybridized carbons (Fsp3) is 0.667. The van der Waals surface area contributed by atoms with E-state index in [1.807, 2.05) is 35.7 Å². The summed E-state index contributed by atoms with van der Waals surface area (Å²) in [5, 5.41) is 2.74. The van der Waals surface area contributed by atoms with Crippen LogP contribution in [0.3, 0.4) is 0 Å². The molecule has 2 saturated heterocycles. The maximum absolute atomic E-state index is 5.78. The second-order valence-corrected chi connectivity index (χ2v) is 8.81. The molecule has 0 aromatic rings. The summed E-state index contributed by atoms with van der Waals surface area (Å²) in [5.74, 6) is 2.57. The standard InChI is InChI=1S/C12H18OS4/c1-3-5-9(11-7-14-11)16-13-17-10(6-4-2)12-8-15-12/h3-4,9-12H,1-2,5-8H2. The molecule has 4 atom stereocenters. The van der Waals surface area contributed by atoms with Crippen LogP contribution in [0.5, 0.6) is 0 Å². The smallest absolute Gasteiger partial charge is 0.0484 e. The van der Waals surface area contributed by atoms with Crippen molar-refractivity contribution >= 4 is 47.6 Å². The largest absolute Gasteiger partial charge is 0.247 e. The lowest BCUT2D eigenvalue weighted by molar-refractivity contribution is 0.710. The maximum Gasteiger partial charge on any atom is 0.0484 e. The summed E-state index contributed by atoms with van der Waals surface area (Å²) >= 11 is 7.34. The molecule has 0 aromatic heterocycles. The summed E-state index contributed by atoms with van der Waals surface area (Å²) in [4.78, 5) is 0. The van der Waals surface area contributed by atoms with Gasteiger partial charge in [0.25, 0.3) is 0 Å². The predicted molar refractivity (Wildman–Crippen MR) is 86.0 cm³/mol. The van der Waals surface area contributed by atoms with Crippen molar-refractivity contribution in [1.29, 1.82) is 0 Å². The summed E-state index contributed by atoms with van der Waals surface area (Å²) in [7, 11) is 0. The number of allylic oxidation sites excluding steroid dienone is 2. The highest BCUT2D eigenvalue weighted by Gasteiger charge is 2.35. The highest BCUT2D eigenvalue weighted by molar-refractivity contribution is 8.12. The number of thioether (sulfide) groups is 2. The molecule has 96 valence electrons. The number of hydrogen-bond acceptors (Lipinski definition) is 5. The Morgan fingerprint density at radius 1 is 1.06 bits per heavy atom. The predicted octanol–water partition coefficient (Wildman–Crippen LogP) is 4.42. The first-order valence-electron chi connectivity index (χ1n) is 5.79. The van der Waals surface area contributed by atoms with Gasteiger partial charge in [0.05, 0.1) is 0 Å². The van der Waals surface area contributed by atoms with Crippen LogP contribution in [0.2, 0.25) is 0 Å². The minimum Gasteiger partial charge on any atom is -0.247 e. The van der Waals surface area contributed by atoms with Gasteiger partial charge in [-0.15, -0.1) is 13.2 Å². The van der Waals surface area contributed by atoms with E-state index in [4.69, 9.17) is 3.63 Å². The van der Waals surface area contributed by atoms with Crippen molar-refractivity contribution in [3.05, 3.63) is 25.3 Å². The van der Waals surface area contributed by atoms with Gasteiger partial charge in [-0.05, 0) is 12.8 Å². The lowest BCUT2D eigenvalue weighted by Gasteiger charge is -2.15. The van der Waals surface area contributed by atoms with E-state index in [0.29, 0.717) is 10.5 Å². The molecule has 2 aliphatic rings. The Morgan fingerprint density at radius 3 is 1.76 bits per heavy atom. The molecule has 0 aromatic carbocycles. The van der Waals surface area contributed by atoms with Crippen LogP contribution in [0.4, 0.5) is 0 Å². The van der Waals surface area contributed by atoms with Crippen LogP contribution in [0.1, 0.15) is 12.8 Å². The maximum atomic E-state index is 5.78. The van der Waals surface area contributed by atoms with E-state index in [9.17, 15) is 0 Å². The Kier molecular flexibility index (Phi) is 6.23. The number of rotatable bonds is 10. The molecule has 0 spiro atoms. The molecule has 4 unspecified atom stereocenters. The third-order valence-electron chi connectivity index (χ3n) is 2.67.